The number of nitrogens with zero attached hydrogens (tertiary/aromatic N) is 1. The van der Waals surface area contributed by atoms with E-state index in [1.165, 1.54) is 11.0 Å². The number of hydrogen-bond donors (Lipinski definition) is 0. The van der Waals surface area contributed by atoms with Crippen LogP contribution in [0.1, 0.15) is 19.4 Å². The van der Waals surface area contributed by atoms with E-state index in [-0.39, 0.29) is 24.5 Å². The molecule has 0 spiro atoms. The summed E-state index contributed by atoms with van der Waals surface area (Å²) < 4.78 is 5.02. The lowest BCUT2D eigenvalue weighted by molar-refractivity contribution is -0.124. The van der Waals surface area contributed by atoms with Gasteiger partial charge in [-0.2, -0.15) is 0 Å². The van der Waals surface area contributed by atoms with E-state index in [4.69, 9.17) is 4.74 Å². The van der Waals surface area contributed by atoms with Crippen LogP contribution < -0.4 is 0 Å². The van der Waals surface area contributed by atoms with Crippen molar-refractivity contribution >= 4 is 18.1 Å². The zero-order chi connectivity index (χ0) is 17.8. The molecule has 1 saturated heterocycles. The van der Waals surface area contributed by atoms with Crippen molar-refractivity contribution < 1.29 is 14.3 Å². The number of carbonyl (C=O) groups excluding carboxylic acids is 2. The fourth-order valence-corrected chi connectivity index (χ4v) is 2.88. The molecule has 0 bridgehead atoms. The molecule has 1 heterocycles. The molecule has 0 aromatic heterocycles. The predicted molar refractivity (Wildman–Crippen MR) is 97.7 cm³/mol. The van der Waals surface area contributed by atoms with Crippen molar-refractivity contribution in [3.05, 3.63) is 66.2 Å². The van der Waals surface area contributed by atoms with Crippen LogP contribution in [-0.4, -0.2) is 29.5 Å². The van der Waals surface area contributed by atoms with Gasteiger partial charge in [-0.15, -0.1) is 0 Å². The molecule has 1 aliphatic rings. The summed E-state index contributed by atoms with van der Waals surface area (Å²) in [5, 5.41) is 0. The predicted octanol–water partition coefficient (Wildman–Crippen LogP) is 4.37. The fraction of sp³-hybridized carbons (Fsp3) is 0.238. The van der Waals surface area contributed by atoms with Crippen LogP contribution >= 0.6 is 0 Å². The van der Waals surface area contributed by atoms with Crippen LogP contribution in [0.2, 0.25) is 0 Å². The Kier molecular flexibility index (Phi) is 4.98. The van der Waals surface area contributed by atoms with Gasteiger partial charge in [-0.1, -0.05) is 62.4 Å². The third-order valence-corrected chi connectivity index (χ3v) is 4.33. The molecule has 2 aromatic rings. The molecule has 1 atom stereocenters. The lowest BCUT2D eigenvalue weighted by Crippen LogP contribution is -2.40. The molecule has 4 nitrogen and oxygen atoms in total. The summed E-state index contributed by atoms with van der Waals surface area (Å²) in [6.45, 7) is 4.21. The lowest BCUT2D eigenvalue weighted by Gasteiger charge is -2.21. The number of rotatable bonds is 4. The topological polar surface area (TPSA) is 46.6 Å². The molecule has 0 radical (unpaired) electrons. The maximum Gasteiger partial charge on any atom is 0.417 e. The van der Waals surface area contributed by atoms with Gasteiger partial charge in [0.1, 0.15) is 6.61 Å². The summed E-state index contributed by atoms with van der Waals surface area (Å²) in [7, 11) is 0. The minimum Gasteiger partial charge on any atom is -0.447 e. The lowest BCUT2D eigenvalue weighted by atomic mass is 10.0. The van der Waals surface area contributed by atoms with Gasteiger partial charge in [0, 0.05) is 6.08 Å². The van der Waals surface area contributed by atoms with Crippen molar-refractivity contribution in [3.8, 4) is 11.1 Å². The van der Waals surface area contributed by atoms with Crippen LogP contribution in [0.4, 0.5) is 4.79 Å². The Labute approximate surface area is 147 Å². The SMILES string of the molecule is CC(C)[C@H]1COC(=O)N1C(=O)/C=C/c1cccc(-c2ccccc2)c1. The first-order valence-electron chi connectivity index (χ1n) is 8.40. The first kappa shape index (κ1) is 17.0. The minimum atomic E-state index is -0.564. The maximum absolute atomic E-state index is 12.4. The molecule has 25 heavy (non-hydrogen) atoms. The molecule has 2 aromatic carbocycles. The number of benzene rings is 2. The number of imide groups is 1. The molecule has 0 N–H and O–H groups in total. The van der Waals surface area contributed by atoms with E-state index in [0.717, 1.165) is 16.7 Å². The first-order chi connectivity index (χ1) is 12.1. The molecule has 0 unspecified atom stereocenters. The zero-order valence-electron chi connectivity index (χ0n) is 14.4. The van der Waals surface area contributed by atoms with Crippen LogP contribution in [0, 0.1) is 5.92 Å². The van der Waals surface area contributed by atoms with Crippen molar-refractivity contribution in [2.45, 2.75) is 19.9 Å². The molecule has 4 heteroatoms. The Morgan fingerprint density at radius 1 is 1.12 bits per heavy atom. The zero-order valence-corrected chi connectivity index (χ0v) is 14.4. The third kappa shape index (κ3) is 3.79. The van der Waals surface area contributed by atoms with Gasteiger partial charge in [0.2, 0.25) is 0 Å². The van der Waals surface area contributed by atoms with Crippen LogP contribution in [0.5, 0.6) is 0 Å². The molecule has 0 aliphatic carbocycles. The molecule has 0 saturated carbocycles. The summed E-state index contributed by atoms with van der Waals surface area (Å²) >= 11 is 0. The van der Waals surface area contributed by atoms with E-state index in [9.17, 15) is 9.59 Å². The largest absolute Gasteiger partial charge is 0.447 e. The van der Waals surface area contributed by atoms with Gasteiger partial charge in [-0.3, -0.25) is 4.79 Å². The highest BCUT2D eigenvalue weighted by Crippen LogP contribution is 2.22. The molecule has 128 valence electrons. The second-order valence-corrected chi connectivity index (χ2v) is 6.42. The smallest absolute Gasteiger partial charge is 0.417 e. The maximum atomic E-state index is 12.4. The molecular formula is C21H21NO3. The number of carbonyl (C=O) groups is 2. The summed E-state index contributed by atoms with van der Waals surface area (Å²) in [5.41, 5.74) is 3.10. The average molecular weight is 335 g/mol. The standard InChI is InChI=1S/C21H21NO3/c1-15(2)19-14-25-21(24)22(19)20(23)12-11-16-7-6-10-18(13-16)17-8-4-3-5-9-17/h3-13,15,19H,14H2,1-2H3/b12-11+/t19-/m1/s1. The highest BCUT2D eigenvalue weighted by atomic mass is 16.6. The second kappa shape index (κ2) is 7.34. The number of amides is 2. The van der Waals surface area contributed by atoms with E-state index < -0.39 is 6.09 Å². The third-order valence-electron chi connectivity index (χ3n) is 4.33. The summed E-state index contributed by atoms with van der Waals surface area (Å²) in [6, 6.07) is 17.8. The Balaban J connectivity index is 1.78. The number of ether oxygens (including phenoxy) is 1. The van der Waals surface area contributed by atoms with Gasteiger partial charge >= 0.3 is 6.09 Å². The van der Waals surface area contributed by atoms with E-state index in [0.29, 0.717) is 0 Å². The van der Waals surface area contributed by atoms with E-state index in [1.54, 1.807) is 6.08 Å². The molecule has 1 fully saturated rings. The molecule has 2 amide bonds. The van der Waals surface area contributed by atoms with E-state index >= 15 is 0 Å². The minimum absolute atomic E-state index is 0.158. The Bertz CT molecular complexity index is 796. The molecule has 3 rings (SSSR count). The van der Waals surface area contributed by atoms with Gasteiger partial charge in [-0.25, -0.2) is 9.69 Å². The Morgan fingerprint density at radius 2 is 1.84 bits per heavy atom. The summed E-state index contributed by atoms with van der Waals surface area (Å²) in [6.07, 6.45) is 2.61. The van der Waals surface area contributed by atoms with Gasteiger partial charge in [-0.05, 0) is 34.8 Å². The van der Waals surface area contributed by atoms with Crippen molar-refractivity contribution in [1.29, 1.82) is 0 Å². The van der Waals surface area contributed by atoms with Crippen molar-refractivity contribution in [2.75, 3.05) is 6.61 Å². The number of hydrogen-bond acceptors (Lipinski definition) is 3. The Morgan fingerprint density at radius 3 is 2.56 bits per heavy atom. The highest BCUT2D eigenvalue weighted by molar-refractivity contribution is 6.02. The first-order valence-corrected chi connectivity index (χ1v) is 8.40. The van der Waals surface area contributed by atoms with Crippen LogP contribution in [-0.2, 0) is 9.53 Å². The summed E-state index contributed by atoms with van der Waals surface area (Å²) in [4.78, 5) is 25.5. The van der Waals surface area contributed by atoms with E-state index in [2.05, 4.69) is 0 Å². The quantitative estimate of drug-likeness (QED) is 0.780. The van der Waals surface area contributed by atoms with Gasteiger partial charge < -0.3 is 4.74 Å². The highest BCUT2D eigenvalue weighted by Gasteiger charge is 2.38. The molecular weight excluding hydrogens is 314 g/mol. The monoisotopic (exact) mass is 335 g/mol. The van der Waals surface area contributed by atoms with Gasteiger partial charge in [0.05, 0.1) is 6.04 Å². The van der Waals surface area contributed by atoms with Crippen molar-refractivity contribution in [2.24, 2.45) is 5.92 Å². The van der Waals surface area contributed by atoms with Crippen LogP contribution in [0.15, 0.2) is 60.7 Å². The Hall–Kier alpha value is -2.88. The fourth-order valence-electron chi connectivity index (χ4n) is 2.88. The molecule has 1 aliphatic heterocycles. The summed E-state index contributed by atoms with van der Waals surface area (Å²) in [5.74, 6) is -0.184. The average Bonchev–Trinajstić information content (AvgIpc) is 3.03. The second-order valence-electron chi connectivity index (χ2n) is 6.42. The van der Waals surface area contributed by atoms with E-state index in [1.807, 2.05) is 68.4 Å². The van der Waals surface area contributed by atoms with Gasteiger partial charge in [0.15, 0.2) is 0 Å². The van der Waals surface area contributed by atoms with Crippen LogP contribution in [0.3, 0.4) is 0 Å². The van der Waals surface area contributed by atoms with Crippen LogP contribution in [0.25, 0.3) is 17.2 Å². The normalized spacial score (nSPS) is 17.3. The number of cyclic esters (lactones) is 1. The van der Waals surface area contributed by atoms with Gasteiger partial charge in [0.25, 0.3) is 5.91 Å². The van der Waals surface area contributed by atoms with Crippen molar-refractivity contribution in [3.63, 3.8) is 0 Å². The van der Waals surface area contributed by atoms with Crippen molar-refractivity contribution in [1.82, 2.24) is 4.90 Å².